The van der Waals surface area contributed by atoms with Crippen molar-refractivity contribution in [3.8, 4) is 11.3 Å². The fraction of sp³-hybridized carbons (Fsp3) is 0.286. The summed E-state index contributed by atoms with van der Waals surface area (Å²) in [6, 6.07) is 14.6. The van der Waals surface area contributed by atoms with Crippen molar-refractivity contribution in [3.63, 3.8) is 0 Å². The summed E-state index contributed by atoms with van der Waals surface area (Å²) in [5.41, 5.74) is -1.85. The minimum atomic E-state index is -4.79. The quantitative estimate of drug-likeness (QED) is 0.158. The number of alkyl halides is 6. The van der Waals surface area contributed by atoms with Crippen LogP contribution < -0.4 is 5.32 Å². The Morgan fingerprint density at radius 3 is 2.38 bits per heavy atom. The molecule has 0 atom stereocenters. The van der Waals surface area contributed by atoms with E-state index in [1.807, 2.05) is 24.3 Å². The van der Waals surface area contributed by atoms with E-state index in [1.54, 1.807) is 18.2 Å². The van der Waals surface area contributed by atoms with Crippen LogP contribution in [0, 0.1) is 0 Å². The number of aryl methyl sites for hydroxylation is 1. The predicted octanol–water partition coefficient (Wildman–Crippen LogP) is 7.13. The van der Waals surface area contributed by atoms with Gasteiger partial charge in [0.2, 0.25) is 0 Å². The Morgan fingerprint density at radius 1 is 0.952 bits per heavy atom. The van der Waals surface area contributed by atoms with E-state index in [2.05, 4.69) is 20.5 Å². The second-order valence-corrected chi connectivity index (χ2v) is 10.4. The normalized spacial score (nSPS) is 14.2. The third-order valence-electron chi connectivity index (χ3n) is 6.99. The van der Waals surface area contributed by atoms with E-state index >= 15 is 0 Å². The van der Waals surface area contributed by atoms with Gasteiger partial charge in [0.25, 0.3) is 5.91 Å². The maximum atomic E-state index is 14.0. The largest absolute Gasteiger partial charge is 0.436 e. The zero-order chi connectivity index (χ0) is 29.8. The lowest BCUT2D eigenvalue weighted by Gasteiger charge is -2.11. The van der Waals surface area contributed by atoms with Gasteiger partial charge in [-0.15, -0.1) is 0 Å². The van der Waals surface area contributed by atoms with Crippen LogP contribution in [0.15, 0.2) is 54.6 Å². The Balaban J connectivity index is 1.21. The summed E-state index contributed by atoms with van der Waals surface area (Å²) >= 11 is 5.98. The molecular weight excluding hydrogens is 586 g/mol. The van der Waals surface area contributed by atoms with Gasteiger partial charge in [0.15, 0.2) is 22.7 Å². The first-order valence-electron chi connectivity index (χ1n) is 13.0. The molecule has 6 rings (SSSR count). The van der Waals surface area contributed by atoms with Gasteiger partial charge in [-0.3, -0.25) is 9.48 Å². The lowest BCUT2D eigenvalue weighted by molar-refractivity contribution is -0.143. The van der Waals surface area contributed by atoms with Gasteiger partial charge < -0.3 is 5.32 Å². The molecule has 5 aromatic rings. The smallest absolute Gasteiger partial charge is 0.351 e. The molecule has 1 aliphatic carbocycles. The summed E-state index contributed by atoms with van der Waals surface area (Å²) in [7, 11) is 0. The fourth-order valence-corrected chi connectivity index (χ4v) is 5.25. The third kappa shape index (κ3) is 5.40. The number of amides is 1. The maximum Gasteiger partial charge on any atom is 0.436 e. The first-order valence-corrected chi connectivity index (χ1v) is 13.4. The second kappa shape index (κ2) is 10.3. The number of hydrogen-bond acceptors (Lipinski definition) is 4. The molecular formula is C28H21ClF6N6O. The van der Waals surface area contributed by atoms with Crippen molar-refractivity contribution in [2.75, 3.05) is 6.54 Å². The van der Waals surface area contributed by atoms with Gasteiger partial charge in [-0.2, -0.15) is 36.5 Å². The topological polar surface area (TPSA) is 77.1 Å². The van der Waals surface area contributed by atoms with Crippen molar-refractivity contribution >= 4 is 33.9 Å². The van der Waals surface area contributed by atoms with Gasteiger partial charge >= 0.3 is 12.4 Å². The lowest BCUT2D eigenvalue weighted by atomic mass is 10.0. The number of carbonyl (C=O) groups is 1. The molecule has 1 fully saturated rings. The average Bonchev–Trinajstić information content (AvgIpc) is 3.57. The van der Waals surface area contributed by atoms with Crippen molar-refractivity contribution in [1.82, 2.24) is 29.7 Å². The third-order valence-corrected chi connectivity index (χ3v) is 7.36. The predicted molar refractivity (Wildman–Crippen MR) is 142 cm³/mol. The number of nitrogens with zero attached hydrogens (tertiary/aromatic N) is 5. The number of halogens is 7. The first-order chi connectivity index (χ1) is 19.9. The number of hydrogen-bond donors (Lipinski definition) is 1. The number of benzene rings is 2. The molecule has 0 unspecified atom stereocenters. The fourth-order valence-electron chi connectivity index (χ4n) is 4.86. The number of rotatable bonds is 7. The van der Waals surface area contributed by atoms with E-state index in [-0.39, 0.29) is 42.5 Å². The molecule has 0 radical (unpaired) electrons. The highest BCUT2D eigenvalue weighted by atomic mass is 35.5. The summed E-state index contributed by atoms with van der Waals surface area (Å²) in [4.78, 5) is 17.1. The van der Waals surface area contributed by atoms with Gasteiger partial charge in [0, 0.05) is 30.6 Å². The molecule has 7 nitrogen and oxygen atoms in total. The molecule has 0 bridgehead atoms. The minimum Gasteiger partial charge on any atom is -0.351 e. The second-order valence-electron chi connectivity index (χ2n) is 10.0. The molecule has 0 saturated heterocycles. The lowest BCUT2D eigenvalue weighted by Crippen LogP contribution is -2.26. The van der Waals surface area contributed by atoms with Crippen LogP contribution in [0.5, 0.6) is 0 Å². The van der Waals surface area contributed by atoms with Crippen LogP contribution in [0.4, 0.5) is 26.3 Å². The van der Waals surface area contributed by atoms with Crippen LogP contribution in [0.1, 0.15) is 52.8 Å². The number of carbonyl (C=O) groups excluding carboxylic acids is 1. The molecule has 14 heteroatoms. The van der Waals surface area contributed by atoms with Gasteiger partial charge in [0.1, 0.15) is 0 Å². The SMILES string of the molecule is O=C(NCCCn1nc(C(F)(F)F)c(Cl)c1C1CC1)c1cc2nc(-c3ccc4ccccc4c3)cc(C(F)(F)F)n2n1. The van der Waals surface area contributed by atoms with Crippen LogP contribution in [0.25, 0.3) is 27.7 Å². The first kappa shape index (κ1) is 28.0. The summed E-state index contributed by atoms with van der Waals surface area (Å²) in [5, 5.41) is 11.4. The van der Waals surface area contributed by atoms with Crippen LogP contribution >= 0.6 is 11.6 Å². The monoisotopic (exact) mass is 606 g/mol. The van der Waals surface area contributed by atoms with Gasteiger partial charge in [-0.1, -0.05) is 48.0 Å². The summed E-state index contributed by atoms with van der Waals surface area (Å²) in [5.74, 6) is -0.846. The summed E-state index contributed by atoms with van der Waals surface area (Å²) in [6.45, 7) is 0.0690. The van der Waals surface area contributed by atoms with Crippen molar-refractivity contribution < 1.29 is 31.1 Å². The summed E-state index contributed by atoms with van der Waals surface area (Å²) < 4.78 is 83.7. The molecule has 2 aromatic carbocycles. The van der Waals surface area contributed by atoms with Gasteiger partial charge in [-0.05, 0) is 42.2 Å². The molecule has 218 valence electrons. The molecule has 0 aliphatic heterocycles. The molecule has 1 saturated carbocycles. The minimum absolute atomic E-state index is 0.0114. The highest BCUT2D eigenvalue weighted by Crippen LogP contribution is 2.47. The molecule has 1 aliphatic rings. The Labute approximate surface area is 239 Å². The zero-order valence-electron chi connectivity index (χ0n) is 21.6. The van der Waals surface area contributed by atoms with Crippen molar-refractivity contribution in [2.24, 2.45) is 0 Å². The maximum absolute atomic E-state index is 14.0. The van der Waals surface area contributed by atoms with E-state index in [0.717, 1.165) is 22.9 Å². The Morgan fingerprint density at radius 2 is 1.69 bits per heavy atom. The molecule has 1 amide bonds. The van der Waals surface area contributed by atoms with E-state index < -0.39 is 34.7 Å². The van der Waals surface area contributed by atoms with Gasteiger partial charge in [0.05, 0.1) is 16.4 Å². The molecule has 3 aromatic heterocycles. The number of nitrogens with one attached hydrogen (secondary N) is 1. The Hall–Kier alpha value is -4.13. The molecule has 0 spiro atoms. The van der Waals surface area contributed by atoms with Gasteiger partial charge in [-0.25, -0.2) is 9.50 Å². The van der Waals surface area contributed by atoms with Crippen LogP contribution in [0.2, 0.25) is 5.02 Å². The van der Waals surface area contributed by atoms with Crippen LogP contribution in [-0.4, -0.2) is 36.8 Å². The Kier molecular flexibility index (Phi) is 6.87. The van der Waals surface area contributed by atoms with Crippen molar-refractivity contribution in [1.29, 1.82) is 0 Å². The average molecular weight is 607 g/mol. The molecule has 42 heavy (non-hydrogen) atoms. The zero-order valence-corrected chi connectivity index (χ0v) is 22.4. The number of aromatic nitrogens is 5. The molecule has 1 N–H and O–H groups in total. The number of fused-ring (bicyclic) bond motifs is 2. The highest BCUT2D eigenvalue weighted by molar-refractivity contribution is 6.32. The van der Waals surface area contributed by atoms with Crippen LogP contribution in [0.3, 0.4) is 0 Å². The van der Waals surface area contributed by atoms with Crippen molar-refractivity contribution in [2.45, 2.75) is 44.1 Å². The highest BCUT2D eigenvalue weighted by Gasteiger charge is 2.42. The van der Waals surface area contributed by atoms with E-state index in [0.29, 0.717) is 28.6 Å². The van der Waals surface area contributed by atoms with Crippen LogP contribution in [-0.2, 0) is 18.9 Å². The Bertz CT molecular complexity index is 1820. The van der Waals surface area contributed by atoms with E-state index in [9.17, 15) is 31.1 Å². The molecule has 3 heterocycles. The van der Waals surface area contributed by atoms with E-state index in [1.165, 1.54) is 4.68 Å². The summed E-state index contributed by atoms with van der Waals surface area (Å²) in [6.07, 6.45) is -7.85. The van der Waals surface area contributed by atoms with Crippen molar-refractivity contribution in [3.05, 3.63) is 82.4 Å². The van der Waals surface area contributed by atoms with E-state index in [4.69, 9.17) is 11.6 Å². The standard InChI is InChI=1S/C28H21ClF6N6O/c29-23-24(16-7-8-16)40(39-25(23)28(33,34)35)11-3-10-36-26(42)20-14-22-37-19(13-21(27(30,31)32)41(22)38-20)18-9-6-15-4-1-2-5-17(15)12-18/h1-2,4-6,9,12-14,16H,3,7-8,10-11H2,(H,36,42).